The van der Waals surface area contributed by atoms with E-state index < -0.39 is 9.84 Å². The number of carbonyl (C=O) groups excluding carboxylic acids is 1. The number of aromatic nitrogens is 1. The maximum atomic E-state index is 11.4. The lowest BCUT2D eigenvalue weighted by molar-refractivity contribution is 0.101. The number of hydrogen-bond acceptors (Lipinski definition) is 4. The molecule has 1 aromatic rings. The second kappa shape index (κ2) is 6.32. The first-order valence-electron chi connectivity index (χ1n) is 7.31. The molecule has 1 atom stereocenters. The maximum absolute atomic E-state index is 11.4. The van der Waals surface area contributed by atoms with Crippen LogP contribution in [-0.2, 0) is 23.4 Å². The van der Waals surface area contributed by atoms with E-state index in [4.69, 9.17) is 0 Å². The van der Waals surface area contributed by atoms with Gasteiger partial charge in [0.15, 0.2) is 5.78 Å². The topological polar surface area (TPSA) is 59.4 Å². The first-order valence-corrected chi connectivity index (χ1v) is 9.37. The highest BCUT2D eigenvalue weighted by atomic mass is 32.2. The van der Waals surface area contributed by atoms with Crippen molar-refractivity contribution in [3.8, 4) is 0 Å². The molecular weight excluding hydrogens is 288 g/mol. The van der Waals surface area contributed by atoms with Gasteiger partial charge in [-0.3, -0.25) is 9.69 Å². The minimum Gasteiger partial charge on any atom is -0.353 e. The first-order chi connectivity index (χ1) is 9.74. The number of carbonyl (C=O) groups is 1. The predicted molar refractivity (Wildman–Crippen MR) is 83.1 cm³/mol. The number of Topliss-reactive ketones (excluding diaryl/α,β-unsaturated/α-hetero) is 1. The molecule has 0 aromatic carbocycles. The molecule has 5 nitrogen and oxygen atoms in total. The summed E-state index contributed by atoms with van der Waals surface area (Å²) in [5, 5.41) is 0. The Labute approximate surface area is 126 Å². The molecule has 118 valence electrons. The molecule has 0 bridgehead atoms. The fraction of sp³-hybridized carbons (Fsp3) is 0.667. The summed E-state index contributed by atoms with van der Waals surface area (Å²) in [6.07, 6.45) is 5.18. The molecule has 6 heteroatoms. The average molecular weight is 312 g/mol. The van der Waals surface area contributed by atoms with E-state index in [-0.39, 0.29) is 17.5 Å². The highest BCUT2D eigenvalue weighted by Crippen LogP contribution is 2.20. The van der Waals surface area contributed by atoms with Crippen molar-refractivity contribution in [2.75, 3.05) is 25.1 Å². The van der Waals surface area contributed by atoms with Crippen molar-refractivity contribution in [2.45, 2.75) is 26.3 Å². The fourth-order valence-electron chi connectivity index (χ4n) is 3.05. The van der Waals surface area contributed by atoms with Crippen molar-refractivity contribution in [3.05, 3.63) is 23.5 Å². The molecule has 0 aliphatic carbocycles. The second-order valence-electron chi connectivity index (χ2n) is 6.22. The van der Waals surface area contributed by atoms with Crippen LogP contribution in [0.2, 0.25) is 0 Å². The van der Waals surface area contributed by atoms with Crippen LogP contribution < -0.4 is 0 Å². The van der Waals surface area contributed by atoms with Gasteiger partial charge in [-0.2, -0.15) is 0 Å². The SMILES string of the molecule is CC(=O)c1cc(CN2CCC[C@H](CS(C)(=O)=O)C2)n(C)c1. The van der Waals surface area contributed by atoms with Crippen molar-refractivity contribution in [1.82, 2.24) is 9.47 Å². The van der Waals surface area contributed by atoms with Gasteiger partial charge in [0.05, 0.1) is 5.75 Å². The molecule has 1 saturated heterocycles. The average Bonchev–Trinajstić information content (AvgIpc) is 2.69. The zero-order valence-electron chi connectivity index (χ0n) is 13.0. The minimum atomic E-state index is -2.91. The highest BCUT2D eigenvalue weighted by molar-refractivity contribution is 7.90. The third-order valence-corrected chi connectivity index (χ3v) is 5.12. The summed E-state index contributed by atoms with van der Waals surface area (Å²) in [7, 11) is -0.968. The Morgan fingerprint density at radius 2 is 2.14 bits per heavy atom. The van der Waals surface area contributed by atoms with Crippen LogP contribution >= 0.6 is 0 Å². The summed E-state index contributed by atoms with van der Waals surface area (Å²) in [4.78, 5) is 13.7. The van der Waals surface area contributed by atoms with E-state index in [1.165, 1.54) is 6.26 Å². The minimum absolute atomic E-state index is 0.0745. The Morgan fingerprint density at radius 3 is 2.71 bits per heavy atom. The van der Waals surface area contributed by atoms with Crippen molar-refractivity contribution in [1.29, 1.82) is 0 Å². The van der Waals surface area contributed by atoms with Gasteiger partial charge in [0, 0.05) is 43.8 Å². The lowest BCUT2D eigenvalue weighted by atomic mass is 10.00. The van der Waals surface area contributed by atoms with E-state index in [1.54, 1.807) is 6.92 Å². The van der Waals surface area contributed by atoms with Gasteiger partial charge in [-0.15, -0.1) is 0 Å². The summed E-state index contributed by atoms with van der Waals surface area (Å²) in [6, 6.07) is 1.93. The van der Waals surface area contributed by atoms with E-state index in [9.17, 15) is 13.2 Å². The molecule has 1 fully saturated rings. The summed E-state index contributed by atoms with van der Waals surface area (Å²) in [6.45, 7) is 4.14. The molecule has 0 spiro atoms. The van der Waals surface area contributed by atoms with Gasteiger partial charge < -0.3 is 4.57 Å². The standard InChI is InChI=1S/C15H24N2O3S/c1-12(18)14-7-15(16(2)9-14)10-17-6-4-5-13(8-17)11-21(3,19)20/h7,9,13H,4-6,8,10-11H2,1-3H3/t13-/m0/s1. The van der Waals surface area contributed by atoms with Gasteiger partial charge in [-0.25, -0.2) is 8.42 Å². The van der Waals surface area contributed by atoms with E-state index in [0.29, 0.717) is 0 Å². The number of piperidine rings is 1. The van der Waals surface area contributed by atoms with Crippen LogP contribution in [0.1, 0.15) is 35.8 Å². The van der Waals surface area contributed by atoms with Crippen molar-refractivity contribution >= 4 is 15.6 Å². The maximum Gasteiger partial charge on any atom is 0.161 e. The van der Waals surface area contributed by atoms with Gasteiger partial charge >= 0.3 is 0 Å². The first kappa shape index (κ1) is 16.2. The Balaban J connectivity index is 2.01. The van der Waals surface area contributed by atoms with Gasteiger partial charge in [-0.1, -0.05) is 0 Å². The number of ketones is 1. The zero-order chi connectivity index (χ0) is 15.6. The second-order valence-corrected chi connectivity index (χ2v) is 8.41. The predicted octanol–water partition coefficient (Wildman–Crippen LogP) is 1.48. The Morgan fingerprint density at radius 1 is 1.43 bits per heavy atom. The molecule has 21 heavy (non-hydrogen) atoms. The number of nitrogens with zero attached hydrogens (tertiary/aromatic N) is 2. The van der Waals surface area contributed by atoms with Gasteiger partial charge in [0.2, 0.25) is 0 Å². The smallest absolute Gasteiger partial charge is 0.161 e. The van der Waals surface area contributed by atoms with Crippen LogP contribution in [0, 0.1) is 5.92 Å². The monoisotopic (exact) mass is 312 g/mol. The quantitative estimate of drug-likeness (QED) is 0.773. The highest BCUT2D eigenvalue weighted by Gasteiger charge is 2.23. The fourth-order valence-corrected chi connectivity index (χ4v) is 4.18. The number of hydrogen-bond donors (Lipinski definition) is 0. The Kier molecular flexibility index (Phi) is 4.88. The van der Waals surface area contributed by atoms with Crippen molar-refractivity contribution < 1.29 is 13.2 Å². The van der Waals surface area contributed by atoms with E-state index >= 15 is 0 Å². The molecule has 0 amide bonds. The summed E-state index contributed by atoms with van der Waals surface area (Å²) < 4.78 is 24.9. The molecule has 2 heterocycles. The number of likely N-dealkylation sites (tertiary alicyclic amines) is 1. The van der Waals surface area contributed by atoms with Gasteiger partial charge in [0.25, 0.3) is 0 Å². The molecule has 0 N–H and O–H groups in total. The van der Waals surface area contributed by atoms with Gasteiger partial charge in [0.1, 0.15) is 9.84 Å². The lowest BCUT2D eigenvalue weighted by Gasteiger charge is -2.32. The molecule has 0 saturated carbocycles. The lowest BCUT2D eigenvalue weighted by Crippen LogP contribution is -2.37. The molecule has 0 radical (unpaired) electrons. The van der Waals surface area contributed by atoms with Gasteiger partial charge in [-0.05, 0) is 38.3 Å². The van der Waals surface area contributed by atoms with Crippen LogP contribution in [0.4, 0.5) is 0 Å². The van der Waals surface area contributed by atoms with E-state index in [2.05, 4.69) is 4.90 Å². The normalized spacial score (nSPS) is 20.6. The molecule has 1 aliphatic rings. The third-order valence-electron chi connectivity index (χ3n) is 4.04. The van der Waals surface area contributed by atoms with Crippen molar-refractivity contribution in [3.63, 3.8) is 0 Å². The number of sulfone groups is 1. The van der Waals surface area contributed by atoms with Crippen LogP contribution in [0.3, 0.4) is 0 Å². The van der Waals surface area contributed by atoms with Crippen LogP contribution in [0.25, 0.3) is 0 Å². The zero-order valence-corrected chi connectivity index (χ0v) is 13.8. The Bertz CT molecular complexity index is 619. The third kappa shape index (κ3) is 4.68. The molecule has 1 aromatic heterocycles. The summed E-state index contributed by atoms with van der Waals surface area (Å²) in [5.41, 5.74) is 1.83. The van der Waals surface area contributed by atoms with Crippen LogP contribution in [0.15, 0.2) is 12.3 Å². The van der Waals surface area contributed by atoms with Crippen molar-refractivity contribution in [2.24, 2.45) is 13.0 Å². The van der Waals surface area contributed by atoms with Crippen LogP contribution in [0.5, 0.6) is 0 Å². The number of aryl methyl sites for hydroxylation is 1. The van der Waals surface area contributed by atoms with E-state index in [1.807, 2.05) is 23.9 Å². The molecular formula is C15H24N2O3S. The Hall–Kier alpha value is -1.14. The summed E-state index contributed by atoms with van der Waals surface area (Å²) in [5.74, 6) is 0.571. The van der Waals surface area contributed by atoms with Crippen LogP contribution in [-0.4, -0.2) is 48.8 Å². The largest absolute Gasteiger partial charge is 0.353 e. The molecule has 1 aliphatic heterocycles. The summed E-state index contributed by atoms with van der Waals surface area (Å²) >= 11 is 0. The number of rotatable bonds is 5. The molecule has 2 rings (SSSR count). The van der Waals surface area contributed by atoms with E-state index in [0.717, 1.165) is 43.7 Å². The molecule has 0 unspecified atom stereocenters.